The molecule has 0 aromatic heterocycles. The highest BCUT2D eigenvalue weighted by Crippen LogP contribution is 2.41. The molecule has 1 aromatic rings. The van der Waals surface area contributed by atoms with Crippen LogP contribution in [0.15, 0.2) is 47.5 Å². The lowest BCUT2D eigenvalue weighted by Crippen LogP contribution is -2.38. The second-order valence-electron chi connectivity index (χ2n) is 4.91. The Labute approximate surface area is 102 Å². The van der Waals surface area contributed by atoms with E-state index in [0.29, 0.717) is 12.0 Å². The molecule has 0 radical (unpaired) electrons. The summed E-state index contributed by atoms with van der Waals surface area (Å²) in [4.78, 5) is 4.54. The second-order valence-corrected chi connectivity index (χ2v) is 4.91. The van der Waals surface area contributed by atoms with Crippen molar-refractivity contribution in [1.29, 1.82) is 0 Å². The van der Waals surface area contributed by atoms with E-state index in [-0.39, 0.29) is 12.0 Å². The number of aliphatic hydroxyl groups is 1. The fourth-order valence-corrected chi connectivity index (χ4v) is 3.09. The predicted molar refractivity (Wildman–Crippen MR) is 69.3 cm³/mol. The number of aliphatic imine (C=N–C) groups is 1. The van der Waals surface area contributed by atoms with Crippen molar-refractivity contribution in [2.24, 2.45) is 10.9 Å². The second kappa shape index (κ2) is 4.46. The van der Waals surface area contributed by atoms with E-state index in [9.17, 15) is 5.11 Å². The summed E-state index contributed by atoms with van der Waals surface area (Å²) in [5.41, 5.74) is 1.23. The van der Waals surface area contributed by atoms with Crippen LogP contribution in [-0.2, 0) is 0 Å². The Balaban J connectivity index is 1.95. The molecule has 1 aliphatic heterocycles. The topological polar surface area (TPSA) is 32.6 Å². The molecule has 2 unspecified atom stereocenters. The molecule has 3 rings (SSSR count). The van der Waals surface area contributed by atoms with Crippen LogP contribution >= 0.6 is 0 Å². The molecule has 0 amide bonds. The van der Waals surface area contributed by atoms with E-state index in [4.69, 9.17) is 0 Å². The molecule has 4 atom stereocenters. The molecule has 2 aliphatic rings. The first-order valence-electron chi connectivity index (χ1n) is 6.29. The first-order valence-corrected chi connectivity index (χ1v) is 6.29. The van der Waals surface area contributed by atoms with Crippen molar-refractivity contribution in [2.45, 2.75) is 30.9 Å². The van der Waals surface area contributed by atoms with Crippen LogP contribution < -0.4 is 0 Å². The molecular formula is C15H17NO. The number of fused-ring (bicyclic) bond motifs is 1. The van der Waals surface area contributed by atoms with E-state index in [1.54, 1.807) is 0 Å². The van der Waals surface area contributed by atoms with E-state index in [1.165, 1.54) is 5.56 Å². The Morgan fingerprint density at radius 1 is 1.12 bits per heavy atom. The molecule has 1 aromatic carbocycles. The van der Waals surface area contributed by atoms with Crippen molar-refractivity contribution >= 4 is 6.21 Å². The number of benzene rings is 1. The summed E-state index contributed by atoms with van der Waals surface area (Å²) in [6.07, 6.45) is 7.71. The minimum Gasteiger partial charge on any atom is -0.392 e. The van der Waals surface area contributed by atoms with Crippen molar-refractivity contribution < 1.29 is 5.11 Å². The number of hydrogen-bond acceptors (Lipinski definition) is 2. The molecule has 1 aliphatic carbocycles. The Morgan fingerprint density at radius 2 is 1.94 bits per heavy atom. The van der Waals surface area contributed by atoms with Crippen LogP contribution in [-0.4, -0.2) is 23.5 Å². The van der Waals surface area contributed by atoms with Crippen LogP contribution in [0.1, 0.15) is 24.3 Å². The standard InChI is InChI=1S/C15H17NO/c17-14-9-8-13-12(7-4-10-16-13)15(14)11-5-2-1-3-6-11/h1-7,10,12-15,17H,8-9H2/t12?,13?,14-,15-/m1/s1. The summed E-state index contributed by atoms with van der Waals surface area (Å²) in [6, 6.07) is 10.7. The van der Waals surface area contributed by atoms with Crippen LogP contribution in [0.5, 0.6) is 0 Å². The van der Waals surface area contributed by atoms with Crippen molar-refractivity contribution in [3.63, 3.8) is 0 Å². The van der Waals surface area contributed by atoms with Crippen LogP contribution in [0, 0.1) is 5.92 Å². The van der Waals surface area contributed by atoms with Crippen LogP contribution in [0.2, 0.25) is 0 Å². The minimum absolute atomic E-state index is 0.198. The number of nitrogens with zero attached hydrogens (tertiary/aromatic N) is 1. The van der Waals surface area contributed by atoms with E-state index in [1.807, 2.05) is 30.5 Å². The van der Waals surface area contributed by atoms with E-state index < -0.39 is 0 Å². The Hall–Kier alpha value is -1.41. The van der Waals surface area contributed by atoms with E-state index in [2.05, 4.69) is 23.2 Å². The molecule has 17 heavy (non-hydrogen) atoms. The van der Waals surface area contributed by atoms with Gasteiger partial charge >= 0.3 is 0 Å². The molecule has 1 heterocycles. The summed E-state index contributed by atoms with van der Waals surface area (Å²) >= 11 is 0. The minimum atomic E-state index is -0.239. The van der Waals surface area contributed by atoms with Crippen molar-refractivity contribution in [1.82, 2.24) is 0 Å². The van der Waals surface area contributed by atoms with Gasteiger partial charge in [0.15, 0.2) is 0 Å². The zero-order valence-electron chi connectivity index (χ0n) is 9.74. The van der Waals surface area contributed by atoms with Gasteiger partial charge in [-0.25, -0.2) is 0 Å². The summed E-state index contributed by atoms with van der Waals surface area (Å²) < 4.78 is 0. The molecule has 2 heteroatoms. The van der Waals surface area contributed by atoms with Gasteiger partial charge in [0, 0.05) is 18.1 Å². The van der Waals surface area contributed by atoms with Gasteiger partial charge in [-0.3, -0.25) is 4.99 Å². The van der Waals surface area contributed by atoms with Gasteiger partial charge in [0.05, 0.1) is 12.1 Å². The van der Waals surface area contributed by atoms with E-state index in [0.717, 1.165) is 12.8 Å². The van der Waals surface area contributed by atoms with E-state index >= 15 is 0 Å². The smallest absolute Gasteiger partial charge is 0.0616 e. The van der Waals surface area contributed by atoms with Gasteiger partial charge in [0.25, 0.3) is 0 Å². The molecule has 88 valence electrons. The lowest BCUT2D eigenvalue weighted by atomic mass is 9.70. The fourth-order valence-electron chi connectivity index (χ4n) is 3.09. The maximum absolute atomic E-state index is 10.3. The monoisotopic (exact) mass is 227 g/mol. The molecule has 1 fully saturated rings. The van der Waals surface area contributed by atoms with Crippen molar-refractivity contribution in [3.8, 4) is 0 Å². The number of allylic oxidation sites excluding steroid dienone is 1. The van der Waals surface area contributed by atoms with Gasteiger partial charge in [0.2, 0.25) is 0 Å². The maximum atomic E-state index is 10.3. The average Bonchev–Trinajstić information content (AvgIpc) is 2.39. The quantitative estimate of drug-likeness (QED) is 0.785. The molecule has 0 saturated heterocycles. The van der Waals surface area contributed by atoms with Gasteiger partial charge < -0.3 is 5.11 Å². The zero-order valence-corrected chi connectivity index (χ0v) is 9.74. The van der Waals surface area contributed by atoms with Gasteiger partial charge in [-0.1, -0.05) is 36.4 Å². The fraction of sp³-hybridized carbons (Fsp3) is 0.400. The molecular weight excluding hydrogens is 210 g/mol. The molecule has 1 N–H and O–H groups in total. The Bertz CT molecular complexity index is 437. The Kier molecular flexibility index (Phi) is 2.81. The largest absolute Gasteiger partial charge is 0.392 e. The number of aliphatic hydroxyl groups excluding tert-OH is 1. The number of dihydropyridines is 1. The van der Waals surface area contributed by atoms with Crippen LogP contribution in [0.3, 0.4) is 0 Å². The third-order valence-electron chi connectivity index (χ3n) is 3.91. The molecule has 2 nitrogen and oxygen atoms in total. The molecule has 0 spiro atoms. The van der Waals surface area contributed by atoms with Crippen LogP contribution in [0.25, 0.3) is 0 Å². The third-order valence-corrected chi connectivity index (χ3v) is 3.91. The van der Waals surface area contributed by atoms with Crippen molar-refractivity contribution in [2.75, 3.05) is 0 Å². The molecule has 1 saturated carbocycles. The zero-order chi connectivity index (χ0) is 11.7. The summed E-state index contributed by atoms with van der Waals surface area (Å²) in [5.74, 6) is 0.551. The van der Waals surface area contributed by atoms with Gasteiger partial charge in [-0.15, -0.1) is 0 Å². The highest BCUT2D eigenvalue weighted by atomic mass is 16.3. The number of hydrogen-bond donors (Lipinski definition) is 1. The maximum Gasteiger partial charge on any atom is 0.0616 e. The lowest BCUT2D eigenvalue weighted by Gasteiger charge is -2.39. The summed E-state index contributed by atoms with van der Waals surface area (Å²) in [6.45, 7) is 0. The van der Waals surface area contributed by atoms with Crippen molar-refractivity contribution in [3.05, 3.63) is 48.0 Å². The normalized spacial score (nSPS) is 35.6. The third kappa shape index (κ3) is 1.93. The molecule has 0 bridgehead atoms. The van der Waals surface area contributed by atoms with Gasteiger partial charge in [0.1, 0.15) is 0 Å². The first kappa shape index (κ1) is 10.7. The summed E-state index contributed by atoms with van der Waals surface area (Å²) in [5, 5.41) is 10.3. The van der Waals surface area contributed by atoms with Gasteiger partial charge in [-0.05, 0) is 24.5 Å². The lowest BCUT2D eigenvalue weighted by molar-refractivity contribution is 0.0773. The summed E-state index contributed by atoms with van der Waals surface area (Å²) in [7, 11) is 0. The first-order chi connectivity index (χ1) is 8.36. The average molecular weight is 227 g/mol. The highest BCUT2D eigenvalue weighted by Gasteiger charge is 2.38. The van der Waals surface area contributed by atoms with Gasteiger partial charge in [-0.2, -0.15) is 0 Å². The highest BCUT2D eigenvalue weighted by molar-refractivity contribution is 5.72. The number of rotatable bonds is 1. The van der Waals surface area contributed by atoms with Crippen LogP contribution in [0.4, 0.5) is 0 Å². The SMILES string of the molecule is O[C@@H]1CCC2N=CC=CC2[C@H]1c1ccccc1. The predicted octanol–water partition coefficient (Wildman–Crippen LogP) is 2.55. The Morgan fingerprint density at radius 3 is 2.76 bits per heavy atom.